The molecule has 14 nitrogen and oxygen atoms in total. The highest BCUT2D eigenvalue weighted by molar-refractivity contribution is 8.00. The predicted octanol–water partition coefficient (Wildman–Crippen LogP) is -1.31. The number of hydrogen-bond donors (Lipinski definition) is 4. The van der Waals surface area contributed by atoms with E-state index in [9.17, 15) is 29.4 Å². The number of fused-ring (bicyclic) bond motifs is 1. The summed E-state index contributed by atoms with van der Waals surface area (Å²) in [5.41, 5.74) is 9.95. The molecule has 2 unspecified atom stereocenters. The molecule has 2 fully saturated rings. The molecule has 6 N–H and O–H groups in total. The van der Waals surface area contributed by atoms with Crippen LogP contribution in [-0.2, 0) is 30.6 Å². The van der Waals surface area contributed by atoms with Crippen molar-refractivity contribution in [2.75, 3.05) is 17.2 Å². The van der Waals surface area contributed by atoms with Crippen molar-refractivity contribution < 1.29 is 38.8 Å². The molecular weight excluding hydrogens is 574 g/mol. The molecule has 39 heavy (non-hydrogen) atoms. The molecule has 4 heterocycles. The molecule has 1 saturated heterocycles. The average Bonchev–Trinajstić information content (AvgIpc) is 3.61. The first kappa shape index (κ1) is 26.7. The Labute approximate surface area is 233 Å². The molecule has 2 aliphatic heterocycles. The largest absolute Gasteiger partial charge is 0.543 e. The molecule has 2 atom stereocenters. The molecule has 204 valence electrons. The van der Waals surface area contributed by atoms with Gasteiger partial charge >= 0.3 is 5.97 Å². The summed E-state index contributed by atoms with van der Waals surface area (Å²) in [7, 11) is 0. The van der Waals surface area contributed by atoms with Crippen LogP contribution in [0, 0.1) is 0 Å². The number of amides is 2. The van der Waals surface area contributed by atoms with Crippen molar-refractivity contribution in [2.24, 2.45) is 5.16 Å². The van der Waals surface area contributed by atoms with E-state index in [0.717, 1.165) is 16.2 Å². The molecule has 0 aromatic carbocycles. The second kappa shape index (κ2) is 10.0. The number of nitrogens with zero attached hydrogens (tertiary/aromatic N) is 4. The van der Waals surface area contributed by atoms with Crippen molar-refractivity contribution in [3.05, 3.63) is 45.8 Å². The van der Waals surface area contributed by atoms with Crippen LogP contribution in [0.1, 0.15) is 18.5 Å². The Morgan fingerprint density at radius 3 is 2.59 bits per heavy atom. The molecule has 17 heteroatoms. The molecule has 1 aliphatic carbocycles. The van der Waals surface area contributed by atoms with E-state index >= 15 is 0 Å². The van der Waals surface area contributed by atoms with Gasteiger partial charge in [0.05, 0.1) is 11.7 Å². The van der Waals surface area contributed by atoms with Crippen molar-refractivity contribution in [3.63, 3.8) is 0 Å². The zero-order valence-electron chi connectivity index (χ0n) is 19.8. The third-order valence-electron chi connectivity index (χ3n) is 6.26. The SMILES string of the molecule is Nc1cc[n+](CC2=C(C(=O)[O-])N3C(=O)C(NC(=O)/C(=N\OC4(C(=O)O)CC4)c4nc(N)sc4Cl)C3SC2)cc1. The fourth-order valence-corrected chi connectivity index (χ4v) is 6.31. The van der Waals surface area contributed by atoms with Gasteiger partial charge in [-0.2, -0.15) is 0 Å². The molecule has 2 aromatic rings. The van der Waals surface area contributed by atoms with Crippen molar-refractivity contribution in [1.29, 1.82) is 0 Å². The van der Waals surface area contributed by atoms with Gasteiger partial charge in [0.15, 0.2) is 29.8 Å². The van der Waals surface area contributed by atoms with Gasteiger partial charge in [0.2, 0.25) is 5.60 Å². The molecule has 1 saturated carbocycles. The average molecular weight is 594 g/mol. The summed E-state index contributed by atoms with van der Waals surface area (Å²) < 4.78 is 1.72. The van der Waals surface area contributed by atoms with Crippen LogP contribution in [0.3, 0.4) is 0 Å². The maximum absolute atomic E-state index is 13.2. The van der Waals surface area contributed by atoms with E-state index in [0.29, 0.717) is 11.3 Å². The number of nitrogens with one attached hydrogen (secondary N) is 1. The monoisotopic (exact) mass is 593 g/mol. The van der Waals surface area contributed by atoms with Crippen LogP contribution in [0.15, 0.2) is 41.0 Å². The summed E-state index contributed by atoms with van der Waals surface area (Å²) >= 11 is 8.28. The van der Waals surface area contributed by atoms with Crippen LogP contribution in [0.4, 0.5) is 10.8 Å². The van der Waals surface area contributed by atoms with E-state index in [1.165, 1.54) is 11.8 Å². The van der Waals surface area contributed by atoms with Crippen molar-refractivity contribution in [2.45, 2.75) is 36.4 Å². The third kappa shape index (κ3) is 4.97. The van der Waals surface area contributed by atoms with Crippen molar-refractivity contribution in [1.82, 2.24) is 15.2 Å². The minimum Gasteiger partial charge on any atom is -0.543 e. The van der Waals surface area contributed by atoms with Crippen LogP contribution >= 0.6 is 34.7 Å². The van der Waals surface area contributed by atoms with Crippen LogP contribution in [0.2, 0.25) is 4.34 Å². The number of β-lactam (4-membered cyclic amide) rings is 1. The Bertz CT molecular complexity index is 1450. The number of oxime groups is 1. The number of thiazole rings is 1. The number of aliphatic carboxylic acids is 2. The summed E-state index contributed by atoms with van der Waals surface area (Å²) in [6.07, 6.45) is 3.75. The lowest BCUT2D eigenvalue weighted by molar-refractivity contribution is -0.689. The van der Waals surface area contributed by atoms with Crippen LogP contribution < -0.4 is 26.5 Å². The van der Waals surface area contributed by atoms with E-state index < -0.39 is 46.5 Å². The summed E-state index contributed by atoms with van der Waals surface area (Å²) in [6, 6.07) is 2.20. The fourth-order valence-electron chi connectivity index (χ4n) is 4.04. The molecule has 0 spiro atoms. The number of carboxylic acid groups (broad SMARTS) is 2. The maximum Gasteiger partial charge on any atom is 0.350 e. The summed E-state index contributed by atoms with van der Waals surface area (Å²) in [6.45, 7) is 0.188. The lowest BCUT2D eigenvalue weighted by Crippen LogP contribution is -2.71. The van der Waals surface area contributed by atoms with Gasteiger partial charge < -0.3 is 36.6 Å². The van der Waals surface area contributed by atoms with E-state index in [-0.39, 0.29) is 46.0 Å². The summed E-state index contributed by atoms with van der Waals surface area (Å²) in [4.78, 5) is 60.1. The molecule has 5 rings (SSSR count). The highest BCUT2D eigenvalue weighted by Gasteiger charge is 2.55. The van der Waals surface area contributed by atoms with Gasteiger partial charge in [0.1, 0.15) is 21.4 Å². The number of aromatic nitrogens is 2. The zero-order chi connectivity index (χ0) is 28.1. The standard InChI is InChI=1S/C22H20ClN7O7S2/c23-15-11(27-21(25)39-15)12(28-37-22(3-4-22)20(35)36)16(31)26-13-17(32)30-14(19(33)34)9(8-38-18(13)30)7-29-5-1-10(24)2-6-29/h1-2,5-6,13,18,24H,3-4,7-8H2,(H5,25,26,27,31,33,34,35,36)/b28-12-. The number of nitrogen functional groups attached to an aromatic ring is 2. The first-order valence-electron chi connectivity index (χ1n) is 11.4. The fraction of sp³-hybridized carbons (Fsp3) is 0.318. The number of pyridine rings is 1. The topological polar surface area (TPSA) is 217 Å². The molecule has 2 amide bonds. The number of rotatable bonds is 9. The van der Waals surface area contributed by atoms with Gasteiger partial charge in [-0.15, -0.1) is 11.8 Å². The number of hydrogen-bond acceptors (Lipinski definition) is 12. The van der Waals surface area contributed by atoms with Gasteiger partial charge in [-0.25, -0.2) is 14.3 Å². The minimum atomic E-state index is -1.56. The van der Waals surface area contributed by atoms with Crippen molar-refractivity contribution in [3.8, 4) is 0 Å². The Balaban J connectivity index is 1.37. The summed E-state index contributed by atoms with van der Waals surface area (Å²) in [5.74, 6) is -4.11. The van der Waals surface area contributed by atoms with Gasteiger partial charge in [-0.3, -0.25) is 14.5 Å². The normalized spacial score (nSPS) is 21.6. The van der Waals surface area contributed by atoms with Crippen LogP contribution in [0.25, 0.3) is 0 Å². The highest BCUT2D eigenvalue weighted by atomic mass is 35.5. The second-order valence-corrected chi connectivity index (χ2v) is 11.6. The van der Waals surface area contributed by atoms with E-state index in [4.69, 9.17) is 27.9 Å². The van der Waals surface area contributed by atoms with E-state index in [2.05, 4.69) is 15.5 Å². The third-order valence-corrected chi connectivity index (χ3v) is 8.69. The van der Waals surface area contributed by atoms with E-state index in [1.54, 1.807) is 29.1 Å². The van der Waals surface area contributed by atoms with Gasteiger partial charge in [0, 0.05) is 42.0 Å². The smallest absolute Gasteiger partial charge is 0.350 e. The van der Waals surface area contributed by atoms with Gasteiger partial charge in [0.25, 0.3) is 11.8 Å². The predicted molar refractivity (Wildman–Crippen MR) is 137 cm³/mol. The Hall–Kier alpha value is -3.89. The minimum absolute atomic E-state index is 0.00533. The van der Waals surface area contributed by atoms with Gasteiger partial charge in [-0.05, 0) is 0 Å². The number of anilines is 2. The zero-order valence-corrected chi connectivity index (χ0v) is 22.2. The number of carbonyl (C=O) groups excluding carboxylic acids is 3. The highest BCUT2D eigenvalue weighted by Crippen LogP contribution is 2.41. The Morgan fingerprint density at radius 2 is 2.03 bits per heavy atom. The molecule has 0 radical (unpaired) electrons. The van der Waals surface area contributed by atoms with Gasteiger partial charge in [-0.1, -0.05) is 28.1 Å². The number of nitrogens with two attached hydrogens (primary N) is 2. The van der Waals surface area contributed by atoms with Crippen LogP contribution in [0.5, 0.6) is 0 Å². The molecule has 0 bridgehead atoms. The molecule has 3 aliphatic rings. The summed E-state index contributed by atoms with van der Waals surface area (Å²) in [5, 5.41) is 27.0. The quantitative estimate of drug-likeness (QED) is 0.116. The van der Waals surface area contributed by atoms with E-state index in [1.807, 2.05) is 0 Å². The first-order valence-corrected chi connectivity index (χ1v) is 13.6. The second-order valence-electron chi connectivity index (χ2n) is 8.91. The lowest BCUT2D eigenvalue weighted by Gasteiger charge is -2.50. The maximum atomic E-state index is 13.2. The lowest BCUT2D eigenvalue weighted by atomic mass is 10.0. The first-order chi connectivity index (χ1) is 18.5. The number of thioether (sulfide) groups is 1. The molecule has 2 aromatic heterocycles. The number of carboxylic acids is 2. The Kier molecular flexibility index (Phi) is 6.86. The molecular formula is C22H20ClN7O7S2. The number of halogens is 1. The van der Waals surface area contributed by atoms with Crippen LogP contribution in [-0.4, -0.2) is 67.2 Å². The van der Waals surface area contributed by atoms with Crippen molar-refractivity contribution >= 4 is 75.0 Å². The Morgan fingerprint density at radius 1 is 1.33 bits per heavy atom. The number of carbonyl (C=O) groups is 4.